The Balaban J connectivity index is 1.58. The molecule has 36 heavy (non-hydrogen) atoms. The second-order valence-corrected chi connectivity index (χ2v) is 9.48. The number of anilines is 1. The van der Waals surface area contributed by atoms with Gasteiger partial charge in [0.25, 0.3) is 5.91 Å². The van der Waals surface area contributed by atoms with E-state index in [9.17, 15) is 27.6 Å². The molecule has 0 N–H and O–H groups in total. The molecule has 1 aliphatic rings. The number of halogens is 3. The normalized spacial score (nSPS) is 15.4. The number of carbonyl (C=O) groups excluding carboxylic acids is 3. The molecule has 0 aliphatic carbocycles. The number of ether oxygens (including phenoxy) is 1. The second-order valence-electron chi connectivity index (χ2n) is 8.35. The number of rotatable bonds is 6. The lowest BCUT2D eigenvalue weighted by Crippen LogP contribution is -2.44. The number of amides is 3. The van der Waals surface area contributed by atoms with Crippen molar-refractivity contribution in [3.63, 3.8) is 0 Å². The van der Waals surface area contributed by atoms with Gasteiger partial charge < -0.3 is 9.64 Å². The number of urea groups is 1. The third-order valence-corrected chi connectivity index (χ3v) is 6.30. The molecule has 0 bridgehead atoms. The van der Waals surface area contributed by atoms with Gasteiger partial charge in [0.2, 0.25) is 0 Å². The number of benzene rings is 2. The van der Waals surface area contributed by atoms with Crippen molar-refractivity contribution in [1.29, 1.82) is 0 Å². The molecule has 1 saturated heterocycles. The van der Waals surface area contributed by atoms with E-state index in [-0.39, 0.29) is 34.5 Å². The first-order chi connectivity index (χ1) is 17.0. The quantitative estimate of drug-likeness (QED) is 0.182. The first-order valence-electron chi connectivity index (χ1n) is 10.7. The van der Waals surface area contributed by atoms with Crippen molar-refractivity contribution >= 4 is 35.4 Å². The lowest BCUT2D eigenvalue weighted by molar-refractivity contribution is -0.123. The van der Waals surface area contributed by atoms with E-state index in [1.807, 2.05) is 0 Å². The van der Waals surface area contributed by atoms with Crippen LogP contribution in [0.1, 0.15) is 29.8 Å². The van der Waals surface area contributed by atoms with Crippen molar-refractivity contribution < 1.29 is 32.3 Å². The lowest BCUT2D eigenvalue weighted by atomic mass is 10.0. The smallest absolute Gasteiger partial charge is 0.423 e. The van der Waals surface area contributed by atoms with Crippen molar-refractivity contribution in [3.8, 4) is 5.75 Å². The van der Waals surface area contributed by atoms with Gasteiger partial charge in [0, 0.05) is 23.8 Å². The Labute approximate surface area is 208 Å². The fourth-order valence-corrected chi connectivity index (χ4v) is 4.23. The van der Waals surface area contributed by atoms with Gasteiger partial charge in [-0.1, -0.05) is 18.2 Å². The molecule has 3 aromatic rings. The van der Waals surface area contributed by atoms with Crippen molar-refractivity contribution in [2.75, 3.05) is 4.90 Å². The second kappa shape index (κ2) is 9.65. The fraction of sp³-hybridized carbons (Fsp3) is 0.200. The Kier molecular flexibility index (Phi) is 6.77. The van der Waals surface area contributed by atoms with E-state index in [4.69, 9.17) is 4.74 Å². The van der Waals surface area contributed by atoms with Gasteiger partial charge in [-0.2, -0.15) is 13.2 Å². The highest BCUT2D eigenvalue weighted by molar-refractivity contribution is 8.00. The molecule has 11 heteroatoms. The number of pyridine rings is 1. The minimum Gasteiger partial charge on any atom is -0.423 e. The van der Waals surface area contributed by atoms with E-state index >= 15 is 0 Å². The van der Waals surface area contributed by atoms with Gasteiger partial charge in [0.1, 0.15) is 11.3 Å². The summed E-state index contributed by atoms with van der Waals surface area (Å²) in [5.41, 5.74) is -5.06. The largest absolute Gasteiger partial charge is 0.446 e. The van der Waals surface area contributed by atoms with Gasteiger partial charge >= 0.3 is 17.5 Å². The summed E-state index contributed by atoms with van der Waals surface area (Å²) >= 11 is -0.288. The minimum atomic E-state index is -4.45. The molecule has 7 nitrogen and oxygen atoms in total. The third kappa shape index (κ3) is 5.20. The average molecular weight is 516 g/mol. The summed E-state index contributed by atoms with van der Waals surface area (Å²) in [5.74, 6) is -0.885. The highest BCUT2D eigenvalue weighted by Crippen LogP contribution is 2.39. The topological polar surface area (TPSA) is 79.8 Å². The van der Waals surface area contributed by atoms with E-state index in [1.165, 1.54) is 41.6 Å². The summed E-state index contributed by atoms with van der Waals surface area (Å²) in [6.45, 7) is 3.02. The number of hydrogen-bond donors (Lipinski definition) is 0. The Bertz CT molecular complexity index is 1300. The minimum absolute atomic E-state index is 0.0696. The maximum absolute atomic E-state index is 13.3. The van der Waals surface area contributed by atoms with Crippen molar-refractivity contribution in [3.05, 3.63) is 84.2 Å². The monoisotopic (exact) mass is 515 g/mol. The summed E-state index contributed by atoms with van der Waals surface area (Å²) in [5, 5.41) is 0. The van der Waals surface area contributed by atoms with Crippen LogP contribution in [0.3, 0.4) is 0 Å². The van der Waals surface area contributed by atoms with Crippen LogP contribution in [0.4, 0.5) is 23.7 Å². The Morgan fingerprint density at radius 1 is 1.03 bits per heavy atom. The van der Waals surface area contributed by atoms with Crippen LogP contribution in [0, 0.1) is 0 Å². The predicted octanol–water partition coefficient (Wildman–Crippen LogP) is 5.66. The van der Waals surface area contributed by atoms with Crippen LogP contribution in [-0.4, -0.2) is 38.8 Å². The van der Waals surface area contributed by atoms with E-state index in [1.54, 1.807) is 50.2 Å². The first-order valence-corrected chi connectivity index (χ1v) is 11.5. The molecule has 0 radical (unpaired) electrons. The number of thioether (sulfide) groups is 1. The summed E-state index contributed by atoms with van der Waals surface area (Å²) < 4.78 is 43.3. The van der Waals surface area contributed by atoms with Crippen LogP contribution in [0.5, 0.6) is 5.75 Å². The zero-order valence-electron chi connectivity index (χ0n) is 19.2. The van der Waals surface area contributed by atoms with Crippen molar-refractivity contribution in [2.45, 2.75) is 36.3 Å². The molecular formula is C25H20F3N3O4S. The highest BCUT2D eigenvalue weighted by Gasteiger charge is 2.52. The van der Waals surface area contributed by atoms with Gasteiger partial charge in [-0.15, -0.1) is 0 Å². The standard InChI is InChI=1S/C25H20F3N3O4S/c1-24(2)22(33)31(17-8-10-19(11-9-17)36-25(26,27)28)23(34)30(24)15-16-12-13-29-14-20(16)21(32)35-18-6-4-3-5-7-18/h3-14H,15H2,1-2H3. The molecule has 2 aromatic carbocycles. The number of nitrogens with zero attached hydrogens (tertiary/aromatic N) is 3. The number of hydrogen-bond acceptors (Lipinski definition) is 6. The van der Waals surface area contributed by atoms with Crippen molar-refractivity contribution in [1.82, 2.24) is 9.88 Å². The summed E-state index contributed by atoms with van der Waals surface area (Å²) in [6.07, 6.45) is 2.78. The van der Waals surface area contributed by atoms with Crippen LogP contribution >= 0.6 is 11.8 Å². The van der Waals surface area contributed by atoms with Crippen LogP contribution in [0.2, 0.25) is 0 Å². The van der Waals surface area contributed by atoms with E-state index in [0.717, 1.165) is 4.90 Å². The summed E-state index contributed by atoms with van der Waals surface area (Å²) in [6, 6.07) is 14.3. The molecule has 0 saturated carbocycles. The predicted molar refractivity (Wildman–Crippen MR) is 126 cm³/mol. The molecule has 0 atom stereocenters. The van der Waals surface area contributed by atoms with Crippen LogP contribution in [-0.2, 0) is 11.3 Å². The van der Waals surface area contributed by atoms with Crippen LogP contribution in [0.15, 0.2) is 78.0 Å². The van der Waals surface area contributed by atoms with E-state index in [0.29, 0.717) is 11.3 Å². The molecular weight excluding hydrogens is 495 g/mol. The molecule has 1 fully saturated rings. The molecule has 0 unspecified atom stereocenters. The van der Waals surface area contributed by atoms with Gasteiger partial charge in [0.15, 0.2) is 0 Å². The van der Waals surface area contributed by atoms with Gasteiger partial charge in [0.05, 0.1) is 11.3 Å². The number of carbonyl (C=O) groups is 3. The number of imide groups is 1. The van der Waals surface area contributed by atoms with Gasteiger partial charge in [-0.3, -0.25) is 9.78 Å². The van der Waals surface area contributed by atoms with Crippen LogP contribution < -0.4 is 9.64 Å². The molecule has 4 rings (SSSR count). The molecule has 0 spiro atoms. The van der Waals surface area contributed by atoms with Gasteiger partial charge in [-0.25, -0.2) is 14.5 Å². The highest BCUT2D eigenvalue weighted by atomic mass is 32.2. The summed E-state index contributed by atoms with van der Waals surface area (Å²) in [7, 11) is 0. The number of aromatic nitrogens is 1. The number of esters is 1. The third-order valence-electron chi connectivity index (χ3n) is 5.57. The number of alkyl halides is 3. The SMILES string of the molecule is CC1(C)C(=O)N(c2ccc(SC(F)(F)F)cc2)C(=O)N1Cc1ccncc1C(=O)Oc1ccccc1. The Morgan fingerprint density at radius 3 is 2.33 bits per heavy atom. The maximum atomic E-state index is 13.3. The maximum Gasteiger partial charge on any atom is 0.446 e. The van der Waals surface area contributed by atoms with Crippen molar-refractivity contribution in [2.24, 2.45) is 0 Å². The molecule has 186 valence electrons. The number of para-hydroxylation sites is 1. The zero-order valence-corrected chi connectivity index (χ0v) is 20.0. The van der Waals surface area contributed by atoms with E-state index in [2.05, 4.69) is 4.98 Å². The Morgan fingerprint density at radius 2 is 1.69 bits per heavy atom. The van der Waals surface area contributed by atoms with E-state index < -0.39 is 29.0 Å². The fourth-order valence-electron chi connectivity index (χ4n) is 3.69. The lowest BCUT2D eigenvalue weighted by Gasteiger charge is -2.28. The molecule has 2 heterocycles. The first kappa shape index (κ1) is 25.2. The molecule has 1 aliphatic heterocycles. The van der Waals surface area contributed by atoms with Crippen LogP contribution in [0.25, 0.3) is 0 Å². The summed E-state index contributed by atoms with van der Waals surface area (Å²) in [4.78, 5) is 45.5. The Hall–Kier alpha value is -3.86. The van der Waals surface area contributed by atoms with Gasteiger partial charge in [-0.05, 0) is 73.6 Å². The molecule has 3 amide bonds. The molecule has 1 aromatic heterocycles. The zero-order chi connectivity index (χ0) is 26.1. The average Bonchev–Trinajstić information content (AvgIpc) is 2.99.